The molecule has 2 heterocycles. The van der Waals surface area contributed by atoms with E-state index in [0.29, 0.717) is 12.5 Å². The van der Waals surface area contributed by atoms with Crippen molar-refractivity contribution in [3.8, 4) is 0 Å². The number of nitrogens with one attached hydrogen (secondary N) is 2. The fraction of sp³-hybridized carbons (Fsp3) is 0.611. The average molecular weight is 346 g/mol. The number of nitrogens with zero attached hydrogens (tertiary/aromatic N) is 2. The molecule has 0 spiro atoms. The van der Waals surface area contributed by atoms with E-state index in [1.54, 1.807) is 12.1 Å². The molecule has 0 aromatic heterocycles. The number of nitro groups is 1. The van der Waals surface area contributed by atoms with E-state index in [1.165, 1.54) is 6.07 Å². The highest BCUT2D eigenvalue weighted by atomic mass is 16.6. The Kier molecular flexibility index (Phi) is 5.99. The highest BCUT2D eigenvalue weighted by molar-refractivity contribution is 5.81. The third-order valence-corrected chi connectivity index (χ3v) is 5.07. The minimum atomic E-state index is -0.352. The van der Waals surface area contributed by atoms with Crippen LogP contribution < -0.4 is 10.6 Å². The summed E-state index contributed by atoms with van der Waals surface area (Å²) in [5.41, 5.74) is 1.11. The number of carbonyl (C=O) groups is 1. The summed E-state index contributed by atoms with van der Waals surface area (Å²) in [7, 11) is 0. The lowest BCUT2D eigenvalue weighted by Crippen LogP contribution is -2.45. The first kappa shape index (κ1) is 17.8. The van der Waals surface area contributed by atoms with E-state index < -0.39 is 0 Å². The van der Waals surface area contributed by atoms with Crippen LogP contribution in [0.2, 0.25) is 0 Å². The summed E-state index contributed by atoms with van der Waals surface area (Å²) in [6.07, 6.45) is 4.20. The number of piperidine rings is 1. The first-order valence-electron chi connectivity index (χ1n) is 9.08. The number of hydrogen-bond donors (Lipinski definition) is 2. The Morgan fingerprint density at radius 1 is 1.36 bits per heavy atom. The van der Waals surface area contributed by atoms with Crippen LogP contribution in [0, 0.1) is 16.0 Å². The van der Waals surface area contributed by atoms with Crippen LogP contribution in [0.4, 0.5) is 5.69 Å². The van der Waals surface area contributed by atoms with E-state index in [-0.39, 0.29) is 22.6 Å². The first-order chi connectivity index (χ1) is 12.1. The lowest BCUT2D eigenvalue weighted by molar-refractivity contribution is -0.384. The van der Waals surface area contributed by atoms with Gasteiger partial charge in [0, 0.05) is 31.8 Å². The molecule has 25 heavy (non-hydrogen) atoms. The molecule has 0 saturated carbocycles. The molecule has 2 aliphatic rings. The molecule has 2 aliphatic heterocycles. The number of nitro benzene ring substituents is 1. The van der Waals surface area contributed by atoms with Crippen molar-refractivity contribution in [1.82, 2.24) is 15.5 Å². The largest absolute Gasteiger partial charge is 0.354 e. The third-order valence-electron chi connectivity index (χ3n) is 5.07. The van der Waals surface area contributed by atoms with Gasteiger partial charge in [-0.3, -0.25) is 19.8 Å². The zero-order valence-corrected chi connectivity index (χ0v) is 14.4. The lowest BCUT2D eigenvalue weighted by atomic mass is 9.97. The van der Waals surface area contributed by atoms with Crippen LogP contribution in [0.5, 0.6) is 0 Å². The second-order valence-electron chi connectivity index (χ2n) is 7.06. The monoisotopic (exact) mass is 346 g/mol. The number of amides is 1. The molecule has 2 unspecified atom stereocenters. The molecule has 1 amide bonds. The number of non-ortho nitro benzene ring substituents is 1. The summed E-state index contributed by atoms with van der Waals surface area (Å²) in [6, 6.07) is 6.82. The van der Waals surface area contributed by atoms with Crippen molar-refractivity contribution < 1.29 is 9.72 Å². The van der Waals surface area contributed by atoms with Crippen LogP contribution in [0.3, 0.4) is 0 Å². The van der Waals surface area contributed by atoms with Gasteiger partial charge in [0.1, 0.15) is 0 Å². The smallest absolute Gasteiger partial charge is 0.269 e. The van der Waals surface area contributed by atoms with Crippen molar-refractivity contribution >= 4 is 11.6 Å². The van der Waals surface area contributed by atoms with E-state index in [2.05, 4.69) is 15.5 Å². The SMILES string of the molecule is O=C(NCC1CCCN(Cc2cccc([N+](=O)[O-])c2)C1)C1CCCN1. The highest BCUT2D eigenvalue weighted by Gasteiger charge is 2.24. The molecule has 1 aromatic rings. The van der Waals surface area contributed by atoms with Crippen LogP contribution in [0.25, 0.3) is 0 Å². The van der Waals surface area contributed by atoms with Gasteiger partial charge in [-0.05, 0) is 50.3 Å². The Bertz CT molecular complexity index is 616. The van der Waals surface area contributed by atoms with Gasteiger partial charge < -0.3 is 10.6 Å². The average Bonchev–Trinajstić information content (AvgIpc) is 3.15. The number of likely N-dealkylation sites (tertiary alicyclic amines) is 1. The van der Waals surface area contributed by atoms with Crippen molar-refractivity contribution in [2.75, 3.05) is 26.2 Å². The van der Waals surface area contributed by atoms with Gasteiger partial charge >= 0.3 is 0 Å². The topological polar surface area (TPSA) is 87.5 Å². The summed E-state index contributed by atoms with van der Waals surface area (Å²) in [6.45, 7) is 4.27. The van der Waals surface area contributed by atoms with Crippen molar-refractivity contribution in [3.05, 3.63) is 39.9 Å². The predicted molar refractivity (Wildman–Crippen MR) is 95.1 cm³/mol. The van der Waals surface area contributed by atoms with Crippen molar-refractivity contribution in [2.24, 2.45) is 5.92 Å². The van der Waals surface area contributed by atoms with Gasteiger partial charge in [0.05, 0.1) is 11.0 Å². The molecule has 0 aliphatic carbocycles. The molecule has 0 radical (unpaired) electrons. The van der Waals surface area contributed by atoms with Crippen molar-refractivity contribution in [2.45, 2.75) is 38.3 Å². The zero-order valence-electron chi connectivity index (χ0n) is 14.4. The zero-order chi connectivity index (χ0) is 17.6. The van der Waals surface area contributed by atoms with Gasteiger partial charge in [0.2, 0.25) is 5.91 Å². The fourth-order valence-electron chi connectivity index (χ4n) is 3.76. The standard InChI is InChI=1S/C18H26N4O3/c23-18(17-7-2-8-19-17)20-11-15-5-3-9-21(13-15)12-14-4-1-6-16(10-14)22(24)25/h1,4,6,10,15,17,19H,2-3,5,7-9,11-13H2,(H,20,23). The van der Waals surface area contributed by atoms with E-state index in [0.717, 1.165) is 57.4 Å². The van der Waals surface area contributed by atoms with E-state index in [1.807, 2.05) is 6.07 Å². The lowest BCUT2D eigenvalue weighted by Gasteiger charge is -2.33. The predicted octanol–water partition coefficient (Wildman–Crippen LogP) is 1.67. The molecule has 7 nitrogen and oxygen atoms in total. The quantitative estimate of drug-likeness (QED) is 0.604. The van der Waals surface area contributed by atoms with Gasteiger partial charge in [-0.15, -0.1) is 0 Å². The third kappa shape index (κ3) is 4.99. The maximum absolute atomic E-state index is 12.1. The summed E-state index contributed by atoms with van der Waals surface area (Å²) in [5.74, 6) is 0.561. The molecular formula is C18H26N4O3. The fourth-order valence-corrected chi connectivity index (χ4v) is 3.76. The van der Waals surface area contributed by atoms with Crippen LogP contribution in [-0.2, 0) is 11.3 Å². The highest BCUT2D eigenvalue weighted by Crippen LogP contribution is 2.20. The molecule has 2 N–H and O–H groups in total. The second-order valence-corrected chi connectivity index (χ2v) is 7.06. The summed E-state index contributed by atoms with van der Waals surface area (Å²) in [4.78, 5) is 25.0. The van der Waals surface area contributed by atoms with E-state index >= 15 is 0 Å². The summed E-state index contributed by atoms with van der Waals surface area (Å²) < 4.78 is 0. The molecule has 2 atom stereocenters. The molecular weight excluding hydrogens is 320 g/mol. The molecule has 2 fully saturated rings. The number of rotatable bonds is 6. The van der Waals surface area contributed by atoms with E-state index in [4.69, 9.17) is 0 Å². The molecule has 2 saturated heterocycles. The first-order valence-corrected chi connectivity index (χ1v) is 9.08. The van der Waals surface area contributed by atoms with Crippen LogP contribution in [0.15, 0.2) is 24.3 Å². The normalized spacial score (nSPS) is 24.2. The number of carbonyl (C=O) groups excluding carboxylic acids is 1. The van der Waals surface area contributed by atoms with Crippen molar-refractivity contribution in [3.63, 3.8) is 0 Å². The minimum absolute atomic E-state index is 0.0236. The van der Waals surface area contributed by atoms with Gasteiger partial charge in [0.25, 0.3) is 5.69 Å². The van der Waals surface area contributed by atoms with Gasteiger partial charge in [-0.1, -0.05) is 12.1 Å². The minimum Gasteiger partial charge on any atom is -0.354 e. The number of benzene rings is 1. The maximum Gasteiger partial charge on any atom is 0.269 e. The van der Waals surface area contributed by atoms with Gasteiger partial charge in [0.15, 0.2) is 0 Å². The molecule has 3 rings (SSSR count). The summed E-state index contributed by atoms with van der Waals surface area (Å²) >= 11 is 0. The van der Waals surface area contributed by atoms with Crippen molar-refractivity contribution in [1.29, 1.82) is 0 Å². The Hall–Kier alpha value is -1.99. The Labute approximate surface area is 147 Å². The molecule has 7 heteroatoms. The summed E-state index contributed by atoms with van der Waals surface area (Å²) in [5, 5.41) is 17.2. The molecule has 136 valence electrons. The maximum atomic E-state index is 12.1. The Morgan fingerprint density at radius 2 is 2.24 bits per heavy atom. The van der Waals surface area contributed by atoms with Gasteiger partial charge in [-0.25, -0.2) is 0 Å². The van der Waals surface area contributed by atoms with Crippen LogP contribution >= 0.6 is 0 Å². The molecule has 1 aromatic carbocycles. The second kappa shape index (κ2) is 8.40. The molecule has 0 bridgehead atoms. The Morgan fingerprint density at radius 3 is 3.00 bits per heavy atom. The van der Waals surface area contributed by atoms with Gasteiger partial charge in [-0.2, -0.15) is 0 Å². The number of hydrogen-bond acceptors (Lipinski definition) is 5. The van der Waals surface area contributed by atoms with Crippen LogP contribution in [-0.4, -0.2) is 48.0 Å². The van der Waals surface area contributed by atoms with E-state index in [9.17, 15) is 14.9 Å². The Balaban J connectivity index is 1.48. The van der Waals surface area contributed by atoms with Crippen LogP contribution in [0.1, 0.15) is 31.2 Å².